The van der Waals surface area contributed by atoms with E-state index in [1.165, 1.54) is 4.90 Å². The maximum absolute atomic E-state index is 11.6. The first kappa shape index (κ1) is 33.5. The van der Waals surface area contributed by atoms with Gasteiger partial charge in [-0.3, -0.25) is 4.90 Å². The van der Waals surface area contributed by atoms with Crippen LogP contribution in [0.4, 0.5) is 0 Å². The van der Waals surface area contributed by atoms with Crippen LogP contribution in [-0.2, 0) is 43.0 Å². The van der Waals surface area contributed by atoms with E-state index in [2.05, 4.69) is 14.2 Å². The lowest BCUT2D eigenvalue weighted by molar-refractivity contribution is -0.319. The number of hydrogen-bond acceptors (Lipinski definition) is 18. The van der Waals surface area contributed by atoms with E-state index in [0.29, 0.717) is 0 Å². The predicted molar refractivity (Wildman–Crippen MR) is 103 cm³/mol. The maximum Gasteiger partial charge on any atom is 0.338 e. The minimum Gasteiger partial charge on any atom is -0.547 e. The van der Waals surface area contributed by atoms with Crippen molar-refractivity contribution in [2.24, 2.45) is 0 Å². The van der Waals surface area contributed by atoms with Crippen molar-refractivity contribution in [3.63, 3.8) is 0 Å². The molecule has 7 N–H and O–H groups in total. The Balaban J connectivity index is 4.97. The molecule has 0 radical (unpaired) electrons. The van der Waals surface area contributed by atoms with E-state index in [9.17, 15) is 54.3 Å². The molecule has 0 spiro atoms. The van der Waals surface area contributed by atoms with Gasteiger partial charge < -0.3 is 69.8 Å². The van der Waals surface area contributed by atoms with Crippen molar-refractivity contribution in [2.75, 3.05) is 39.5 Å². The molecule has 6 atom stereocenters. The number of aliphatic carboxylic acids is 3. The smallest absolute Gasteiger partial charge is 0.338 e. The lowest BCUT2D eigenvalue weighted by Gasteiger charge is -2.24. The number of aliphatic hydroxyl groups is 6. The number of ether oxygens (including phenoxy) is 3. The van der Waals surface area contributed by atoms with Gasteiger partial charge in [-0.05, 0) is 0 Å². The molecule has 0 saturated heterocycles. The first-order valence-corrected chi connectivity index (χ1v) is 10.1. The molecular weight excluding hydrogens is 518 g/mol. The van der Waals surface area contributed by atoms with E-state index >= 15 is 0 Å². The third-order valence-electron chi connectivity index (χ3n) is 4.31. The van der Waals surface area contributed by atoms with Crippen molar-refractivity contribution in [1.82, 2.24) is 4.90 Å². The van der Waals surface area contributed by atoms with E-state index < -0.39 is 92.3 Å². The van der Waals surface area contributed by atoms with Crippen molar-refractivity contribution in [3.8, 4) is 0 Å². The molecule has 0 saturated carbocycles. The van der Waals surface area contributed by atoms with E-state index in [1.807, 2.05) is 0 Å². The molecule has 37 heavy (non-hydrogen) atoms. The Morgan fingerprint density at radius 2 is 0.811 bits per heavy atom. The minimum atomic E-state index is -2.59. The van der Waals surface area contributed by atoms with Crippen LogP contribution in [-0.4, -0.2) is 153 Å². The van der Waals surface area contributed by atoms with E-state index in [4.69, 9.17) is 20.4 Å². The third-order valence-corrected chi connectivity index (χ3v) is 4.31. The van der Waals surface area contributed by atoms with Crippen molar-refractivity contribution in [3.05, 3.63) is 0 Å². The second-order valence-electron chi connectivity index (χ2n) is 6.99. The number of hydrogen-bond donors (Lipinski definition) is 7. The highest BCUT2D eigenvalue weighted by Gasteiger charge is 2.32. The summed E-state index contributed by atoms with van der Waals surface area (Å²) >= 11 is 0. The predicted octanol–water partition coefficient (Wildman–Crippen LogP) is -9.33. The molecule has 0 aromatic carbocycles. The van der Waals surface area contributed by atoms with Crippen LogP contribution in [0.5, 0.6) is 0 Å². The molecule has 19 heteroatoms. The summed E-state index contributed by atoms with van der Waals surface area (Å²) in [6, 6.07) is 0. The fourth-order valence-electron chi connectivity index (χ4n) is 2.20. The molecule has 0 fully saturated rings. The number of carboxylic acids is 3. The summed E-state index contributed by atoms with van der Waals surface area (Å²) in [5.74, 6) is -10.9. The van der Waals surface area contributed by atoms with E-state index in [0.717, 1.165) is 0 Å². The van der Waals surface area contributed by atoms with Gasteiger partial charge in [-0.25, -0.2) is 19.2 Å². The molecule has 19 nitrogen and oxygen atoms in total. The van der Waals surface area contributed by atoms with Crippen LogP contribution in [0.1, 0.15) is 0 Å². The van der Waals surface area contributed by atoms with Gasteiger partial charge in [-0.2, -0.15) is 0 Å². The normalized spacial score (nSPS) is 16.0. The van der Waals surface area contributed by atoms with Gasteiger partial charge in [0.2, 0.25) is 0 Å². The maximum atomic E-state index is 11.6. The van der Waals surface area contributed by atoms with E-state index in [-0.39, 0.29) is 19.6 Å². The monoisotopic (exact) mass is 543 g/mol. The lowest BCUT2D eigenvalue weighted by atomic mass is 10.2. The highest BCUT2D eigenvalue weighted by atomic mass is 16.6. The van der Waals surface area contributed by atoms with Gasteiger partial charge in [0.15, 0.2) is 24.4 Å². The average Bonchev–Trinajstić information content (AvgIpc) is 2.84. The highest BCUT2D eigenvalue weighted by molar-refractivity contribution is 5.84. The number of nitrogens with zero attached hydrogens (tertiary/aromatic N) is 1. The van der Waals surface area contributed by atoms with Gasteiger partial charge in [0, 0.05) is 19.6 Å². The SMILES string of the molecule is O=C([O-])C(O)C(O)C(=O)OCCN(CCOC(=O)C(O)C(O)C(=O)[O-])CCOC(=O)C(O)C(O)C(=O)O. The minimum absolute atomic E-state index is 0.300. The number of carbonyl (C=O) groups is 6. The lowest BCUT2D eigenvalue weighted by Crippen LogP contribution is -2.48. The Morgan fingerprint density at radius 1 is 0.541 bits per heavy atom. The van der Waals surface area contributed by atoms with Crippen LogP contribution in [0.3, 0.4) is 0 Å². The van der Waals surface area contributed by atoms with Crippen LogP contribution in [0.25, 0.3) is 0 Å². The first-order chi connectivity index (χ1) is 17.1. The van der Waals surface area contributed by atoms with E-state index in [1.54, 1.807) is 0 Å². The summed E-state index contributed by atoms with van der Waals surface area (Å²) in [5.41, 5.74) is 0. The standard InChI is InChI=1S/C18H27NO18/c20-7(13(26)27)10(23)16(32)35-4-1-19(2-5-36-17(33)11(24)8(21)14(28)29)3-6-37-18(34)12(25)9(22)15(30)31/h7-12,20-25H,1-6H2,(H,26,27)(H,28,29)(H,30,31)/p-2. The Bertz CT molecular complexity index is 712. The largest absolute Gasteiger partial charge is 0.547 e. The summed E-state index contributed by atoms with van der Waals surface area (Å²) in [6.07, 6.45) is -15.1. The number of esters is 3. The van der Waals surface area contributed by atoms with Gasteiger partial charge in [0.25, 0.3) is 0 Å². The van der Waals surface area contributed by atoms with Crippen molar-refractivity contribution in [2.45, 2.75) is 36.6 Å². The summed E-state index contributed by atoms with van der Waals surface area (Å²) in [6.45, 7) is -2.68. The Labute approximate surface area is 206 Å². The van der Waals surface area contributed by atoms with Crippen LogP contribution in [0, 0.1) is 0 Å². The second kappa shape index (κ2) is 16.3. The topological polar surface area (TPSA) is 321 Å². The molecule has 0 bridgehead atoms. The van der Waals surface area contributed by atoms with Gasteiger partial charge >= 0.3 is 23.9 Å². The summed E-state index contributed by atoms with van der Waals surface area (Å²) < 4.78 is 13.7. The highest BCUT2D eigenvalue weighted by Crippen LogP contribution is 2.01. The Hall–Kier alpha value is -3.46. The second-order valence-corrected chi connectivity index (χ2v) is 6.99. The molecular formula is C18H25NO18-2. The molecule has 0 amide bonds. The molecule has 0 aliphatic heterocycles. The molecule has 0 aromatic rings. The quantitative estimate of drug-likeness (QED) is 0.0623. The molecule has 0 rings (SSSR count). The summed E-state index contributed by atoms with van der Waals surface area (Å²) in [4.78, 5) is 67.5. The van der Waals surface area contributed by atoms with Gasteiger partial charge in [-0.15, -0.1) is 0 Å². The summed E-state index contributed by atoms with van der Waals surface area (Å²) in [5, 5.41) is 84.9. The average molecular weight is 543 g/mol. The van der Waals surface area contributed by atoms with Gasteiger partial charge in [-0.1, -0.05) is 0 Å². The number of aliphatic hydroxyl groups excluding tert-OH is 6. The zero-order valence-corrected chi connectivity index (χ0v) is 18.8. The molecule has 212 valence electrons. The van der Waals surface area contributed by atoms with Gasteiger partial charge in [0.05, 0.1) is 11.9 Å². The molecule has 0 aliphatic rings. The Kier molecular flexibility index (Phi) is 14.8. The van der Waals surface area contributed by atoms with Gasteiger partial charge in [0.1, 0.15) is 32.0 Å². The fraction of sp³-hybridized carbons (Fsp3) is 0.667. The van der Waals surface area contributed by atoms with Crippen LogP contribution >= 0.6 is 0 Å². The number of carbonyl (C=O) groups excluding carboxylic acids is 5. The Morgan fingerprint density at radius 3 is 1.05 bits per heavy atom. The zero-order chi connectivity index (χ0) is 28.9. The molecule has 0 heterocycles. The van der Waals surface area contributed by atoms with Crippen molar-refractivity contribution in [1.29, 1.82) is 0 Å². The fourth-order valence-corrected chi connectivity index (χ4v) is 2.20. The zero-order valence-electron chi connectivity index (χ0n) is 18.8. The van der Waals surface area contributed by atoms with Crippen LogP contribution in [0.15, 0.2) is 0 Å². The molecule has 0 aromatic heterocycles. The molecule has 0 aliphatic carbocycles. The number of carboxylic acid groups (broad SMARTS) is 3. The number of rotatable bonds is 18. The third kappa shape index (κ3) is 11.9. The van der Waals surface area contributed by atoms with Crippen LogP contribution < -0.4 is 10.2 Å². The van der Waals surface area contributed by atoms with Crippen molar-refractivity contribution < 1.29 is 88.9 Å². The molecule has 6 unspecified atom stereocenters. The summed E-state index contributed by atoms with van der Waals surface area (Å²) in [7, 11) is 0. The van der Waals surface area contributed by atoms with Crippen molar-refractivity contribution >= 4 is 35.8 Å². The first-order valence-electron chi connectivity index (χ1n) is 10.1. The van der Waals surface area contributed by atoms with Crippen LogP contribution in [0.2, 0.25) is 0 Å².